The number of carbonyl (C=O) groups is 1. The lowest BCUT2D eigenvalue weighted by atomic mass is 9.95. The Labute approximate surface area is 120 Å². The van der Waals surface area contributed by atoms with Crippen molar-refractivity contribution in [3.05, 3.63) is 70.3 Å². The first kappa shape index (κ1) is 13.1. The number of Topliss-reactive ketones (excluding diaryl/α,β-unsaturated/α-hetero) is 1. The molecule has 1 nitrogen and oxygen atoms in total. The largest absolute Gasteiger partial charge is 0.295 e. The molecule has 0 radical (unpaired) electrons. The summed E-state index contributed by atoms with van der Waals surface area (Å²) in [5.41, 5.74) is 6.15. The number of benzene rings is 2. The Balaban J connectivity index is 1.99. The van der Waals surface area contributed by atoms with Crippen molar-refractivity contribution in [3.63, 3.8) is 0 Å². The molecular formula is C19H20O. The van der Waals surface area contributed by atoms with Crippen molar-refractivity contribution in [2.45, 2.75) is 39.0 Å². The second-order valence-corrected chi connectivity index (χ2v) is 5.72. The van der Waals surface area contributed by atoms with E-state index in [2.05, 4.69) is 42.5 Å². The Morgan fingerprint density at radius 2 is 1.40 bits per heavy atom. The molecule has 102 valence electrons. The third-order valence-electron chi connectivity index (χ3n) is 4.19. The normalized spacial score (nSPS) is 14.4. The summed E-state index contributed by atoms with van der Waals surface area (Å²) in [5.74, 6) is 0.187. The first-order valence-electron chi connectivity index (χ1n) is 7.43. The molecule has 6 rings (SSSR count). The van der Waals surface area contributed by atoms with Gasteiger partial charge in [-0.25, -0.2) is 0 Å². The number of hydrogen-bond donors (Lipinski definition) is 0. The molecule has 20 heavy (non-hydrogen) atoms. The van der Waals surface area contributed by atoms with E-state index in [9.17, 15) is 4.79 Å². The van der Waals surface area contributed by atoms with Crippen LogP contribution in [0.1, 0.15) is 46.0 Å². The standard InChI is InChI=1S/C19H20O/c1-14(20)19-13-17-4-2-3-15-5-7-16(8-6-15)9-11-18(19)12-10-17/h5-8,10,12-13H,2-4,9,11H2,1H3. The molecule has 0 aromatic heterocycles. The first-order chi connectivity index (χ1) is 9.72. The summed E-state index contributed by atoms with van der Waals surface area (Å²) in [7, 11) is 0. The summed E-state index contributed by atoms with van der Waals surface area (Å²) >= 11 is 0. The van der Waals surface area contributed by atoms with E-state index in [0.29, 0.717) is 0 Å². The van der Waals surface area contributed by atoms with Crippen LogP contribution >= 0.6 is 0 Å². The summed E-state index contributed by atoms with van der Waals surface area (Å²) in [6.45, 7) is 1.68. The van der Waals surface area contributed by atoms with Crippen molar-refractivity contribution in [1.82, 2.24) is 0 Å². The quantitative estimate of drug-likeness (QED) is 0.707. The van der Waals surface area contributed by atoms with Crippen molar-refractivity contribution < 1.29 is 4.79 Å². The van der Waals surface area contributed by atoms with Crippen LogP contribution in [-0.4, -0.2) is 5.78 Å². The summed E-state index contributed by atoms with van der Waals surface area (Å²) in [5, 5.41) is 0. The van der Waals surface area contributed by atoms with E-state index in [1.165, 1.54) is 22.3 Å². The van der Waals surface area contributed by atoms with E-state index in [1.54, 1.807) is 6.92 Å². The molecule has 0 amide bonds. The second kappa shape index (κ2) is 5.62. The monoisotopic (exact) mass is 264 g/mol. The molecule has 0 saturated carbocycles. The number of rotatable bonds is 1. The molecule has 4 aliphatic rings. The maximum atomic E-state index is 11.9. The molecule has 4 aliphatic carbocycles. The Hall–Kier alpha value is -1.89. The van der Waals surface area contributed by atoms with Gasteiger partial charge in [-0.3, -0.25) is 4.79 Å². The maximum Gasteiger partial charge on any atom is 0.160 e. The van der Waals surface area contributed by atoms with Gasteiger partial charge in [0.25, 0.3) is 0 Å². The average molecular weight is 264 g/mol. The molecule has 4 bridgehead atoms. The Morgan fingerprint density at radius 3 is 2.10 bits per heavy atom. The fraction of sp³-hybridized carbons (Fsp3) is 0.316. The Morgan fingerprint density at radius 1 is 0.800 bits per heavy atom. The van der Waals surface area contributed by atoms with Gasteiger partial charge in [-0.1, -0.05) is 36.4 Å². The van der Waals surface area contributed by atoms with E-state index in [1.807, 2.05) is 0 Å². The Bertz CT molecular complexity index is 623. The van der Waals surface area contributed by atoms with E-state index in [4.69, 9.17) is 0 Å². The smallest absolute Gasteiger partial charge is 0.160 e. The highest BCUT2D eigenvalue weighted by Gasteiger charge is 2.10. The molecule has 1 heteroatoms. The summed E-state index contributed by atoms with van der Waals surface area (Å²) < 4.78 is 0. The molecule has 0 fully saturated rings. The molecule has 0 unspecified atom stereocenters. The second-order valence-electron chi connectivity index (χ2n) is 5.72. The predicted molar refractivity (Wildman–Crippen MR) is 82.3 cm³/mol. The van der Waals surface area contributed by atoms with Gasteiger partial charge in [-0.05, 0) is 67.3 Å². The van der Waals surface area contributed by atoms with Crippen molar-refractivity contribution in [3.8, 4) is 0 Å². The van der Waals surface area contributed by atoms with E-state index in [0.717, 1.165) is 37.7 Å². The molecule has 2 aromatic rings. The molecule has 0 spiro atoms. The van der Waals surface area contributed by atoms with Gasteiger partial charge in [0.2, 0.25) is 0 Å². The van der Waals surface area contributed by atoms with E-state index < -0.39 is 0 Å². The molecule has 0 heterocycles. The predicted octanol–water partition coefficient (Wildman–Crippen LogP) is 4.16. The van der Waals surface area contributed by atoms with Crippen LogP contribution in [0, 0.1) is 0 Å². The van der Waals surface area contributed by atoms with Gasteiger partial charge in [0.15, 0.2) is 5.78 Å². The van der Waals surface area contributed by atoms with Crippen LogP contribution < -0.4 is 0 Å². The zero-order valence-corrected chi connectivity index (χ0v) is 12.0. The van der Waals surface area contributed by atoms with Crippen molar-refractivity contribution >= 4 is 5.78 Å². The first-order valence-corrected chi connectivity index (χ1v) is 7.43. The van der Waals surface area contributed by atoms with Crippen molar-refractivity contribution in [1.29, 1.82) is 0 Å². The minimum Gasteiger partial charge on any atom is -0.295 e. The van der Waals surface area contributed by atoms with Gasteiger partial charge >= 0.3 is 0 Å². The van der Waals surface area contributed by atoms with E-state index in [-0.39, 0.29) is 5.78 Å². The lowest BCUT2D eigenvalue weighted by molar-refractivity contribution is 0.101. The number of hydrogen-bond acceptors (Lipinski definition) is 1. The minimum atomic E-state index is 0.187. The van der Waals surface area contributed by atoms with Crippen LogP contribution in [0.15, 0.2) is 42.5 Å². The fourth-order valence-electron chi connectivity index (χ4n) is 2.97. The van der Waals surface area contributed by atoms with Crippen molar-refractivity contribution in [2.75, 3.05) is 0 Å². The third-order valence-corrected chi connectivity index (χ3v) is 4.19. The van der Waals surface area contributed by atoms with Crippen LogP contribution in [0.25, 0.3) is 0 Å². The van der Waals surface area contributed by atoms with Gasteiger partial charge in [0, 0.05) is 5.56 Å². The number of carbonyl (C=O) groups excluding carboxylic acids is 1. The lowest BCUT2D eigenvalue weighted by Gasteiger charge is -2.09. The zero-order chi connectivity index (χ0) is 13.9. The van der Waals surface area contributed by atoms with Gasteiger partial charge in [-0.2, -0.15) is 0 Å². The maximum absolute atomic E-state index is 11.9. The fourth-order valence-corrected chi connectivity index (χ4v) is 2.97. The van der Waals surface area contributed by atoms with Crippen LogP contribution in [0.2, 0.25) is 0 Å². The highest BCUT2D eigenvalue weighted by molar-refractivity contribution is 5.95. The highest BCUT2D eigenvalue weighted by atomic mass is 16.1. The summed E-state index contributed by atoms with van der Waals surface area (Å²) in [6, 6.07) is 15.4. The summed E-state index contributed by atoms with van der Waals surface area (Å²) in [4.78, 5) is 11.9. The van der Waals surface area contributed by atoms with Gasteiger partial charge in [0.05, 0.1) is 0 Å². The molecule has 0 N–H and O–H groups in total. The number of aryl methyl sites for hydroxylation is 4. The van der Waals surface area contributed by atoms with Gasteiger partial charge < -0.3 is 0 Å². The molecule has 0 aliphatic heterocycles. The van der Waals surface area contributed by atoms with Crippen LogP contribution in [0.4, 0.5) is 0 Å². The van der Waals surface area contributed by atoms with Gasteiger partial charge in [-0.15, -0.1) is 0 Å². The van der Waals surface area contributed by atoms with Crippen LogP contribution in [0.3, 0.4) is 0 Å². The van der Waals surface area contributed by atoms with Gasteiger partial charge in [0.1, 0.15) is 0 Å². The third kappa shape index (κ3) is 2.82. The van der Waals surface area contributed by atoms with E-state index >= 15 is 0 Å². The average Bonchev–Trinajstić information content (AvgIpc) is 2.50. The molecular weight excluding hydrogens is 244 g/mol. The van der Waals surface area contributed by atoms with Crippen LogP contribution in [-0.2, 0) is 25.7 Å². The topological polar surface area (TPSA) is 17.1 Å². The molecule has 2 aromatic carbocycles. The SMILES string of the molecule is CC(=O)c1cc2ccc1CCc1ccc(cc1)CCC2. The highest BCUT2D eigenvalue weighted by Crippen LogP contribution is 2.19. The van der Waals surface area contributed by atoms with Crippen molar-refractivity contribution in [2.24, 2.45) is 0 Å². The summed E-state index contributed by atoms with van der Waals surface area (Å²) in [6.07, 6.45) is 5.23. The van der Waals surface area contributed by atoms with Crippen LogP contribution in [0.5, 0.6) is 0 Å². The molecule has 0 atom stereocenters. The number of ketones is 1. The Kier molecular flexibility index (Phi) is 3.68. The zero-order valence-electron chi connectivity index (χ0n) is 12.0. The molecule has 0 saturated heterocycles. The lowest BCUT2D eigenvalue weighted by Crippen LogP contribution is -2.03. The minimum absolute atomic E-state index is 0.187.